The van der Waals surface area contributed by atoms with Gasteiger partial charge in [-0.1, -0.05) is 46.4 Å². The van der Waals surface area contributed by atoms with Gasteiger partial charge in [0.15, 0.2) is 12.4 Å². The third-order valence-corrected chi connectivity index (χ3v) is 4.11. The molecular formula is C15H11Cl4N3O4. The highest BCUT2D eigenvalue weighted by molar-refractivity contribution is 6.38. The molecule has 0 saturated heterocycles. The maximum atomic E-state index is 12.3. The quantitative estimate of drug-likeness (QED) is 0.323. The lowest BCUT2D eigenvalue weighted by molar-refractivity contribution is -0.123. The third-order valence-electron chi connectivity index (χ3n) is 3.04. The molecule has 2 amide bonds. The zero-order valence-corrected chi connectivity index (χ0v) is 15.8. The number of aromatic hydroxyl groups is 1. The molecule has 2 aromatic rings. The lowest BCUT2D eigenvalue weighted by Crippen LogP contribution is -2.34. The molecule has 0 heterocycles. The molecule has 0 aliphatic carbocycles. The van der Waals surface area contributed by atoms with Crippen molar-refractivity contribution in [2.45, 2.75) is 0 Å². The number of nitrogens with one attached hydrogen (secondary N) is 2. The zero-order chi connectivity index (χ0) is 19.4. The number of hydrogen-bond donors (Lipinski definition) is 4. The molecule has 11 heteroatoms. The molecule has 0 aromatic heterocycles. The minimum absolute atomic E-state index is 0.0450. The zero-order valence-electron chi connectivity index (χ0n) is 12.8. The number of hydrogen-bond acceptors (Lipinski definition) is 5. The summed E-state index contributed by atoms with van der Waals surface area (Å²) in [5.74, 6) is 3.31. The second-order valence-corrected chi connectivity index (χ2v) is 6.52. The second kappa shape index (κ2) is 8.66. The first-order valence-corrected chi connectivity index (χ1v) is 8.34. The Morgan fingerprint density at radius 3 is 2.23 bits per heavy atom. The number of anilines is 1. The van der Waals surface area contributed by atoms with Crippen LogP contribution in [0.5, 0.6) is 11.5 Å². The normalized spacial score (nSPS) is 10.3. The summed E-state index contributed by atoms with van der Waals surface area (Å²) in [5.41, 5.74) is 1.98. The molecule has 26 heavy (non-hydrogen) atoms. The van der Waals surface area contributed by atoms with Gasteiger partial charge in [0.05, 0.1) is 20.6 Å². The van der Waals surface area contributed by atoms with E-state index in [4.69, 9.17) is 57.0 Å². The third kappa shape index (κ3) is 4.84. The Hall–Kier alpha value is -1.90. The van der Waals surface area contributed by atoms with Crippen LogP contribution in [0.1, 0.15) is 10.4 Å². The number of hydrazine groups is 1. The molecule has 0 aliphatic rings. The summed E-state index contributed by atoms with van der Waals surface area (Å²) in [7, 11) is 0. The van der Waals surface area contributed by atoms with Crippen LogP contribution < -0.4 is 21.3 Å². The van der Waals surface area contributed by atoms with Crippen molar-refractivity contribution < 1.29 is 19.4 Å². The number of nitrogens with two attached hydrogens (primary N) is 1. The standard InChI is InChI=1S/C15H11Cl4N3O4/c16-6-1-8(13(24)9(17)2-6)15(25)21-7-3-10(18)14(11(19)4-7)26-5-12(23)22-20/h1-4,24H,5,20H2,(H,21,25)(H,22,23). The fraction of sp³-hybridized carbons (Fsp3) is 0.0667. The topological polar surface area (TPSA) is 114 Å². The lowest BCUT2D eigenvalue weighted by Gasteiger charge is -2.13. The van der Waals surface area contributed by atoms with E-state index in [-0.39, 0.29) is 37.1 Å². The minimum atomic E-state index is -0.685. The SMILES string of the molecule is NNC(=O)COc1c(Cl)cc(NC(=O)c2cc(Cl)cc(Cl)c2O)cc1Cl. The van der Waals surface area contributed by atoms with Crippen molar-refractivity contribution >= 4 is 63.9 Å². The molecule has 138 valence electrons. The molecule has 0 fully saturated rings. The Labute approximate surface area is 167 Å². The van der Waals surface area contributed by atoms with Gasteiger partial charge >= 0.3 is 0 Å². The molecule has 7 nitrogen and oxygen atoms in total. The number of rotatable bonds is 5. The van der Waals surface area contributed by atoms with Gasteiger partial charge < -0.3 is 15.2 Å². The van der Waals surface area contributed by atoms with Crippen LogP contribution in [0.2, 0.25) is 20.1 Å². The van der Waals surface area contributed by atoms with Crippen molar-refractivity contribution in [1.82, 2.24) is 5.43 Å². The van der Waals surface area contributed by atoms with Crippen LogP contribution in [0.25, 0.3) is 0 Å². The first-order chi connectivity index (χ1) is 12.2. The van der Waals surface area contributed by atoms with E-state index in [9.17, 15) is 14.7 Å². The molecular weight excluding hydrogens is 428 g/mol. The van der Waals surface area contributed by atoms with Crippen LogP contribution in [-0.2, 0) is 4.79 Å². The molecule has 0 unspecified atom stereocenters. The second-order valence-electron chi connectivity index (χ2n) is 4.86. The monoisotopic (exact) mass is 437 g/mol. The van der Waals surface area contributed by atoms with Crippen LogP contribution >= 0.6 is 46.4 Å². The number of ether oxygens (including phenoxy) is 1. The number of carbonyl (C=O) groups is 2. The van der Waals surface area contributed by atoms with Crippen LogP contribution in [0.15, 0.2) is 24.3 Å². The van der Waals surface area contributed by atoms with Crippen molar-refractivity contribution in [3.8, 4) is 11.5 Å². The van der Waals surface area contributed by atoms with Gasteiger partial charge in [-0.05, 0) is 24.3 Å². The van der Waals surface area contributed by atoms with E-state index in [0.29, 0.717) is 0 Å². The Kier molecular flexibility index (Phi) is 6.80. The van der Waals surface area contributed by atoms with E-state index in [1.807, 2.05) is 5.43 Å². The summed E-state index contributed by atoms with van der Waals surface area (Å²) >= 11 is 23.7. The van der Waals surface area contributed by atoms with E-state index in [1.54, 1.807) is 0 Å². The summed E-state index contributed by atoms with van der Waals surface area (Å²) in [4.78, 5) is 23.4. The fourth-order valence-electron chi connectivity index (χ4n) is 1.89. The number of benzene rings is 2. The first kappa shape index (κ1) is 20.4. The van der Waals surface area contributed by atoms with Gasteiger partial charge in [0.2, 0.25) is 0 Å². The van der Waals surface area contributed by atoms with Gasteiger partial charge in [0, 0.05) is 10.7 Å². The van der Waals surface area contributed by atoms with Crippen LogP contribution in [-0.4, -0.2) is 23.5 Å². The van der Waals surface area contributed by atoms with Crippen molar-refractivity contribution in [3.05, 3.63) is 49.9 Å². The summed E-state index contributed by atoms with van der Waals surface area (Å²) in [6.07, 6.45) is 0. The van der Waals surface area contributed by atoms with Crippen molar-refractivity contribution in [2.24, 2.45) is 5.84 Å². The minimum Gasteiger partial charge on any atom is -0.506 e. The molecule has 5 N–H and O–H groups in total. The van der Waals surface area contributed by atoms with Gasteiger partial charge in [-0.25, -0.2) is 5.84 Å². The van der Waals surface area contributed by atoms with Crippen molar-refractivity contribution in [3.63, 3.8) is 0 Å². The Morgan fingerprint density at radius 2 is 1.65 bits per heavy atom. The average Bonchev–Trinajstić information content (AvgIpc) is 2.56. The van der Waals surface area contributed by atoms with Gasteiger partial charge in [-0.3, -0.25) is 15.0 Å². The van der Waals surface area contributed by atoms with Crippen molar-refractivity contribution in [1.29, 1.82) is 0 Å². The number of carbonyl (C=O) groups excluding carboxylic acids is 2. The summed E-state index contributed by atoms with van der Waals surface area (Å²) < 4.78 is 5.17. The number of phenols is 1. The summed E-state index contributed by atoms with van der Waals surface area (Å²) in [5, 5.41) is 12.6. The molecule has 0 saturated carbocycles. The molecule has 0 aliphatic heterocycles. The highest BCUT2D eigenvalue weighted by atomic mass is 35.5. The Morgan fingerprint density at radius 1 is 1.04 bits per heavy atom. The maximum absolute atomic E-state index is 12.3. The van der Waals surface area contributed by atoms with Crippen LogP contribution in [0, 0.1) is 0 Å². The van der Waals surface area contributed by atoms with Crippen molar-refractivity contribution in [2.75, 3.05) is 11.9 Å². The van der Waals surface area contributed by atoms with Gasteiger partial charge in [0.25, 0.3) is 11.8 Å². The van der Waals surface area contributed by atoms with Gasteiger partial charge in [0.1, 0.15) is 5.75 Å². The predicted molar refractivity (Wildman–Crippen MR) is 100 cm³/mol. The van der Waals surface area contributed by atoms with Crippen LogP contribution in [0.4, 0.5) is 5.69 Å². The number of amides is 2. The van der Waals surface area contributed by atoms with E-state index in [1.165, 1.54) is 24.3 Å². The summed E-state index contributed by atoms with van der Waals surface area (Å²) in [6, 6.07) is 5.26. The lowest BCUT2D eigenvalue weighted by atomic mass is 10.1. The molecule has 0 bridgehead atoms. The largest absolute Gasteiger partial charge is 0.506 e. The highest BCUT2D eigenvalue weighted by Crippen LogP contribution is 2.37. The van der Waals surface area contributed by atoms with E-state index < -0.39 is 24.2 Å². The highest BCUT2D eigenvalue weighted by Gasteiger charge is 2.17. The molecule has 0 radical (unpaired) electrons. The van der Waals surface area contributed by atoms with Gasteiger partial charge in [-0.15, -0.1) is 0 Å². The molecule has 0 spiro atoms. The summed E-state index contributed by atoms with van der Waals surface area (Å²) in [6.45, 7) is -0.392. The molecule has 0 atom stereocenters. The first-order valence-electron chi connectivity index (χ1n) is 6.83. The Bertz CT molecular complexity index is 853. The smallest absolute Gasteiger partial charge is 0.271 e. The fourth-order valence-corrected chi connectivity index (χ4v) is 2.98. The van der Waals surface area contributed by atoms with Gasteiger partial charge in [-0.2, -0.15) is 0 Å². The molecule has 2 rings (SSSR count). The molecule has 2 aromatic carbocycles. The predicted octanol–water partition coefficient (Wildman–Crippen LogP) is 3.63. The van der Waals surface area contributed by atoms with E-state index in [0.717, 1.165) is 0 Å². The van der Waals surface area contributed by atoms with E-state index in [2.05, 4.69) is 5.32 Å². The van der Waals surface area contributed by atoms with Crippen LogP contribution in [0.3, 0.4) is 0 Å². The number of phenolic OH excluding ortho intramolecular Hbond substituents is 1. The van der Waals surface area contributed by atoms with E-state index >= 15 is 0 Å². The maximum Gasteiger partial charge on any atom is 0.271 e. The Balaban J connectivity index is 2.23. The number of halogens is 4. The average molecular weight is 439 g/mol.